The van der Waals surface area contributed by atoms with Gasteiger partial charge in [-0.25, -0.2) is 0 Å². The number of morpholine rings is 1. The average Bonchev–Trinajstić information content (AvgIpc) is 3.46. The topological polar surface area (TPSA) is 49.3 Å². The van der Waals surface area contributed by atoms with Crippen LogP contribution in [0.25, 0.3) is 0 Å². The minimum absolute atomic E-state index is 0.714. The van der Waals surface area contributed by atoms with Crippen LogP contribution in [0.2, 0.25) is 0 Å². The van der Waals surface area contributed by atoms with Gasteiger partial charge in [-0.3, -0.25) is 9.89 Å². The van der Waals surface area contributed by atoms with E-state index in [4.69, 9.17) is 9.47 Å². The molecule has 0 bridgehead atoms. The summed E-state index contributed by atoms with van der Waals surface area (Å²) in [7, 11) is 1.88. The van der Waals surface area contributed by atoms with Crippen LogP contribution in [-0.4, -0.2) is 75.4 Å². The Morgan fingerprint density at radius 2 is 1.96 bits per heavy atom. The lowest BCUT2D eigenvalue weighted by Crippen LogP contribution is -2.42. The van der Waals surface area contributed by atoms with Gasteiger partial charge in [0, 0.05) is 51.9 Å². The summed E-state index contributed by atoms with van der Waals surface area (Å²) in [5.74, 6) is 3.48. The molecule has 0 amide bonds. The number of likely N-dealkylation sites (tertiary alicyclic amines) is 1. The molecule has 0 radical (unpaired) electrons. The first-order valence-electron chi connectivity index (χ1n) is 10.8. The molecule has 2 aliphatic heterocycles. The van der Waals surface area contributed by atoms with Gasteiger partial charge in [0.25, 0.3) is 0 Å². The van der Waals surface area contributed by atoms with Gasteiger partial charge in [0.05, 0.1) is 19.8 Å². The van der Waals surface area contributed by atoms with Crippen molar-refractivity contribution >= 4 is 5.96 Å². The summed E-state index contributed by atoms with van der Waals surface area (Å²) < 4.78 is 11.5. The lowest BCUT2D eigenvalue weighted by atomic mass is 10.1. The Morgan fingerprint density at radius 3 is 2.75 bits per heavy atom. The molecule has 154 valence electrons. The molecule has 1 saturated carbocycles. The van der Waals surface area contributed by atoms with Crippen LogP contribution in [0.3, 0.4) is 0 Å². The van der Waals surface area contributed by atoms with Crippen LogP contribution in [-0.2, 0) is 11.3 Å². The lowest BCUT2D eigenvalue weighted by Gasteiger charge is -2.29. The maximum absolute atomic E-state index is 6.04. The Morgan fingerprint density at radius 1 is 1.14 bits per heavy atom. The van der Waals surface area contributed by atoms with E-state index >= 15 is 0 Å². The fourth-order valence-corrected chi connectivity index (χ4v) is 4.11. The number of benzene rings is 1. The monoisotopic (exact) mass is 386 g/mol. The Labute approximate surface area is 168 Å². The molecule has 1 aromatic rings. The van der Waals surface area contributed by atoms with Crippen molar-refractivity contribution in [3.8, 4) is 5.75 Å². The van der Waals surface area contributed by atoms with Crippen molar-refractivity contribution in [3.05, 3.63) is 29.8 Å². The number of hydrogen-bond donors (Lipinski definition) is 1. The first-order chi connectivity index (χ1) is 13.8. The molecular weight excluding hydrogens is 352 g/mol. The number of ether oxygens (including phenoxy) is 2. The number of hydrogen-bond acceptors (Lipinski definition) is 4. The number of nitrogens with one attached hydrogen (secondary N) is 1. The molecule has 0 aromatic heterocycles. The molecule has 1 unspecified atom stereocenters. The van der Waals surface area contributed by atoms with E-state index in [9.17, 15) is 0 Å². The Balaban J connectivity index is 1.27. The van der Waals surface area contributed by atoms with Crippen LogP contribution < -0.4 is 10.1 Å². The van der Waals surface area contributed by atoms with Gasteiger partial charge in [-0.15, -0.1) is 0 Å². The maximum Gasteiger partial charge on any atom is 0.193 e. The third-order valence-corrected chi connectivity index (χ3v) is 6.00. The van der Waals surface area contributed by atoms with E-state index in [-0.39, 0.29) is 0 Å². The summed E-state index contributed by atoms with van der Waals surface area (Å²) in [5.41, 5.74) is 1.20. The van der Waals surface area contributed by atoms with Crippen molar-refractivity contribution in [2.24, 2.45) is 16.8 Å². The zero-order valence-corrected chi connectivity index (χ0v) is 17.1. The van der Waals surface area contributed by atoms with Crippen LogP contribution in [0, 0.1) is 11.8 Å². The van der Waals surface area contributed by atoms with Gasteiger partial charge in [-0.2, -0.15) is 0 Å². The minimum atomic E-state index is 0.714. The standard InChI is InChI=1S/C22H34N4O2/c1-23-22(26-9-8-19(16-26)15-25-10-12-27-13-11-25)24-14-20-4-2-3-5-21(20)28-17-18-6-7-18/h2-5,18-19H,6-17H2,1H3,(H,23,24). The van der Waals surface area contributed by atoms with Crippen molar-refractivity contribution in [2.45, 2.75) is 25.8 Å². The molecule has 3 aliphatic rings. The summed E-state index contributed by atoms with van der Waals surface area (Å²) in [6.45, 7) is 8.82. The molecule has 1 aliphatic carbocycles. The summed E-state index contributed by atoms with van der Waals surface area (Å²) in [4.78, 5) is 9.48. The van der Waals surface area contributed by atoms with Gasteiger partial charge in [-0.05, 0) is 37.2 Å². The van der Waals surface area contributed by atoms with Crippen molar-refractivity contribution < 1.29 is 9.47 Å². The molecule has 1 N–H and O–H groups in total. The third-order valence-electron chi connectivity index (χ3n) is 6.00. The summed E-state index contributed by atoms with van der Waals surface area (Å²) in [6, 6.07) is 8.36. The predicted molar refractivity (Wildman–Crippen MR) is 112 cm³/mol. The number of para-hydroxylation sites is 1. The van der Waals surface area contributed by atoms with E-state index in [1.54, 1.807) is 0 Å². The van der Waals surface area contributed by atoms with Crippen LogP contribution in [0.15, 0.2) is 29.3 Å². The largest absolute Gasteiger partial charge is 0.493 e. The summed E-state index contributed by atoms with van der Waals surface area (Å²) in [6.07, 6.45) is 3.86. The highest BCUT2D eigenvalue weighted by Crippen LogP contribution is 2.30. The number of guanidine groups is 1. The van der Waals surface area contributed by atoms with Gasteiger partial charge in [0.1, 0.15) is 5.75 Å². The van der Waals surface area contributed by atoms with Gasteiger partial charge in [0.15, 0.2) is 5.96 Å². The van der Waals surface area contributed by atoms with Gasteiger partial charge < -0.3 is 19.7 Å². The Kier molecular flexibility index (Phi) is 6.70. The zero-order chi connectivity index (χ0) is 19.2. The normalized spacial score (nSPS) is 23.8. The second-order valence-corrected chi connectivity index (χ2v) is 8.28. The zero-order valence-electron chi connectivity index (χ0n) is 17.1. The van der Waals surface area contributed by atoms with Gasteiger partial charge in [-0.1, -0.05) is 18.2 Å². The Hall–Kier alpha value is -1.79. The van der Waals surface area contributed by atoms with E-state index in [0.29, 0.717) is 5.92 Å². The second-order valence-electron chi connectivity index (χ2n) is 8.28. The molecule has 1 atom stereocenters. The van der Waals surface area contributed by atoms with Crippen molar-refractivity contribution in [2.75, 3.05) is 59.6 Å². The first kappa shape index (κ1) is 19.5. The molecule has 2 saturated heterocycles. The Bertz CT molecular complexity index is 656. The van der Waals surface area contributed by atoms with E-state index in [2.05, 4.69) is 44.4 Å². The van der Waals surface area contributed by atoms with E-state index in [0.717, 1.165) is 70.2 Å². The molecule has 28 heavy (non-hydrogen) atoms. The third kappa shape index (κ3) is 5.39. The highest BCUT2D eigenvalue weighted by molar-refractivity contribution is 5.80. The van der Waals surface area contributed by atoms with Crippen LogP contribution >= 0.6 is 0 Å². The van der Waals surface area contributed by atoms with Crippen LogP contribution in [0.5, 0.6) is 5.75 Å². The molecule has 0 spiro atoms. The fourth-order valence-electron chi connectivity index (χ4n) is 4.11. The quantitative estimate of drug-likeness (QED) is 0.575. The highest BCUT2D eigenvalue weighted by atomic mass is 16.5. The van der Waals surface area contributed by atoms with Gasteiger partial charge >= 0.3 is 0 Å². The van der Waals surface area contributed by atoms with Crippen molar-refractivity contribution in [1.82, 2.24) is 15.1 Å². The average molecular weight is 387 g/mol. The highest BCUT2D eigenvalue weighted by Gasteiger charge is 2.27. The lowest BCUT2D eigenvalue weighted by molar-refractivity contribution is 0.0315. The SMILES string of the molecule is CN=C(NCc1ccccc1OCC1CC1)N1CCC(CN2CCOCC2)C1. The van der Waals surface area contributed by atoms with Crippen molar-refractivity contribution in [1.29, 1.82) is 0 Å². The number of rotatable bonds is 7. The molecule has 2 heterocycles. The number of aliphatic imine (C=N–C) groups is 1. The molecular formula is C22H34N4O2. The minimum Gasteiger partial charge on any atom is -0.493 e. The predicted octanol–water partition coefficient (Wildman–Crippen LogP) is 2.20. The van der Waals surface area contributed by atoms with Crippen LogP contribution in [0.1, 0.15) is 24.8 Å². The molecule has 4 rings (SSSR count). The first-order valence-corrected chi connectivity index (χ1v) is 10.8. The van der Waals surface area contributed by atoms with E-state index in [1.165, 1.54) is 31.4 Å². The molecule has 6 heteroatoms. The molecule has 3 fully saturated rings. The smallest absolute Gasteiger partial charge is 0.193 e. The fraction of sp³-hybridized carbons (Fsp3) is 0.682. The van der Waals surface area contributed by atoms with Crippen molar-refractivity contribution in [3.63, 3.8) is 0 Å². The summed E-state index contributed by atoms with van der Waals surface area (Å²) >= 11 is 0. The van der Waals surface area contributed by atoms with E-state index in [1.807, 2.05) is 7.05 Å². The molecule has 1 aromatic carbocycles. The van der Waals surface area contributed by atoms with Crippen LogP contribution in [0.4, 0.5) is 0 Å². The maximum atomic E-state index is 6.04. The van der Waals surface area contributed by atoms with Gasteiger partial charge in [0.2, 0.25) is 0 Å². The number of nitrogens with zero attached hydrogens (tertiary/aromatic N) is 3. The van der Waals surface area contributed by atoms with E-state index < -0.39 is 0 Å². The molecule has 6 nitrogen and oxygen atoms in total. The summed E-state index contributed by atoms with van der Waals surface area (Å²) in [5, 5.41) is 3.56. The second kappa shape index (κ2) is 9.61.